The lowest BCUT2D eigenvalue weighted by Crippen LogP contribution is -2.29. The summed E-state index contributed by atoms with van der Waals surface area (Å²) in [6.07, 6.45) is 2.45. The average Bonchev–Trinajstić information content (AvgIpc) is 3.13. The van der Waals surface area contributed by atoms with E-state index in [-0.39, 0.29) is 5.91 Å². The molecule has 0 radical (unpaired) electrons. The highest BCUT2D eigenvalue weighted by atomic mass is 16.5. The highest BCUT2D eigenvalue weighted by Crippen LogP contribution is 2.27. The summed E-state index contributed by atoms with van der Waals surface area (Å²) < 4.78 is 5.37. The van der Waals surface area contributed by atoms with Gasteiger partial charge in [-0.3, -0.25) is 9.78 Å². The van der Waals surface area contributed by atoms with E-state index >= 15 is 0 Å². The van der Waals surface area contributed by atoms with Crippen molar-refractivity contribution in [3.05, 3.63) is 77.7 Å². The largest absolute Gasteiger partial charge is 0.341 e. The minimum atomic E-state index is -0.0909. The molecule has 0 N–H and O–H groups in total. The first-order chi connectivity index (χ1) is 13.6. The lowest BCUT2D eigenvalue weighted by molar-refractivity contribution is 0.0798. The molecule has 0 unspecified atom stereocenters. The molecule has 1 aromatic carbocycles. The normalized spacial score (nSPS) is 10.9. The molecule has 6 heteroatoms. The molecule has 0 aliphatic carbocycles. The first-order valence-electron chi connectivity index (χ1n) is 9.11. The van der Waals surface area contributed by atoms with Gasteiger partial charge < -0.3 is 9.42 Å². The maximum atomic E-state index is 13.2. The smallest absolute Gasteiger partial charge is 0.259 e. The Bertz CT molecular complexity index is 1110. The number of hydrogen-bond donors (Lipinski definition) is 0. The lowest BCUT2D eigenvalue weighted by Gasteiger charge is -2.18. The minimum absolute atomic E-state index is 0.0909. The van der Waals surface area contributed by atoms with Crippen LogP contribution in [-0.4, -0.2) is 39.5 Å². The second kappa shape index (κ2) is 7.60. The van der Waals surface area contributed by atoms with Gasteiger partial charge in [-0.2, -0.15) is 0 Å². The molecule has 4 rings (SSSR count). The molecule has 0 bridgehead atoms. The van der Waals surface area contributed by atoms with Crippen molar-refractivity contribution in [3.8, 4) is 11.3 Å². The fourth-order valence-electron chi connectivity index (χ4n) is 3.16. The number of benzene rings is 1. The van der Waals surface area contributed by atoms with Crippen LogP contribution < -0.4 is 0 Å². The molecule has 0 saturated heterocycles. The third-order valence-corrected chi connectivity index (χ3v) is 4.69. The first kappa shape index (κ1) is 17.9. The number of carbonyl (C=O) groups is 1. The summed E-state index contributed by atoms with van der Waals surface area (Å²) in [6, 6.07) is 17.3. The van der Waals surface area contributed by atoms with Crippen LogP contribution in [0.4, 0.5) is 0 Å². The Hall–Kier alpha value is -3.54. The number of amides is 1. The summed E-state index contributed by atoms with van der Waals surface area (Å²) in [6.45, 7) is 2.38. The van der Waals surface area contributed by atoms with Crippen molar-refractivity contribution < 1.29 is 9.32 Å². The van der Waals surface area contributed by atoms with E-state index in [2.05, 4.69) is 15.1 Å². The van der Waals surface area contributed by atoms with Gasteiger partial charge in [0.25, 0.3) is 11.6 Å². The number of pyridine rings is 2. The van der Waals surface area contributed by atoms with Crippen LogP contribution in [0.5, 0.6) is 0 Å². The summed E-state index contributed by atoms with van der Waals surface area (Å²) >= 11 is 0. The summed E-state index contributed by atoms with van der Waals surface area (Å²) in [4.78, 5) is 23.8. The molecule has 6 nitrogen and oxygen atoms in total. The quantitative estimate of drug-likeness (QED) is 0.531. The summed E-state index contributed by atoms with van der Waals surface area (Å²) in [5, 5.41) is 4.67. The maximum absolute atomic E-state index is 13.2. The highest BCUT2D eigenvalue weighted by molar-refractivity contribution is 6.06. The molecule has 140 valence electrons. The van der Waals surface area contributed by atoms with Crippen LogP contribution >= 0.6 is 0 Å². The van der Waals surface area contributed by atoms with E-state index in [0.717, 1.165) is 11.3 Å². The third kappa shape index (κ3) is 3.49. The van der Waals surface area contributed by atoms with E-state index in [1.54, 1.807) is 18.1 Å². The molecule has 4 aromatic rings. The number of fused-ring (bicyclic) bond motifs is 1. The van der Waals surface area contributed by atoms with Crippen molar-refractivity contribution in [1.82, 2.24) is 20.0 Å². The van der Waals surface area contributed by atoms with E-state index in [1.165, 1.54) is 0 Å². The second-order valence-corrected chi connectivity index (χ2v) is 6.67. The van der Waals surface area contributed by atoms with E-state index in [0.29, 0.717) is 41.0 Å². The van der Waals surface area contributed by atoms with Crippen molar-refractivity contribution in [2.75, 3.05) is 13.6 Å². The maximum Gasteiger partial charge on any atom is 0.259 e. The topological polar surface area (TPSA) is 72.1 Å². The van der Waals surface area contributed by atoms with Crippen molar-refractivity contribution in [3.63, 3.8) is 0 Å². The zero-order chi connectivity index (χ0) is 19.5. The molecule has 0 atom stereocenters. The Kier molecular flexibility index (Phi) is 4.85. The van der Waals surface area contributed by atoms with Crippen molar-refractivity contribution in [2.24, 2.45) is 0 Å². The third-order valence-electron chi connectivity index (χ3n) is 4.69. The van der Waals surface area contributed by atoms with Crippen molar-refractivity contribution in [1.29, 1.82) is 0 Å². The zero-order valence-corrected chi connectivity index (χ0v) is 15.8. The molecular formula is C22H20N4O2. The van der Waals surface area contributed by atoms with Gasteiger partial charge in [0, 0.05) is 37.5 Å². The van der Waals surface area contributed by atoms with Crippen LogP contribution in [0, 0.1) is 6.92 Å². The summed E-state index contributed by atoms with van der Waals surface area (Å²) in [5.41, 5.74) is 4.14. The van der Waals surface area contributed by atoms with Gasteiger partial charge in [-0.25, -0.2) is 4.98 Å². The molecular weight excluding hydrogens is 352 g/mol. The highest BCUT2D eigenvalue weighted by Gasteiger charge is 2.21. The second-order valence-electron chi connectivity index (χ2n) is 6.67. The molecule has 0 aliphatic heterocycles. The van der Waals surface area contributed by atoms with E-state index in [4.69, 9.17) is 4.52 Å². The first-order valence-corrected chi connectivity index (χ1v) is 9.11. The molecule has 0 saturated carbocycles. The van der Waals surface area contributed by atoms with Gasteiger partial charge in [0.1, 0.15) is 0 Å². The van der Waals surface area contributed by atoms with E-state index < -0.39 is 0 Å². The van der Waals surface area contributed by atoms with Gasteiger partial charge in [0.2, 0.25) is 0 Å². The van der Waals surface area contributed by atoms with Gasteiger partial charge >= 0.3 is 0 Å². The van der Waals surface area contributed by atoms with E-state index in [9.17, 15) is 4.79 Å². The summed E-state index contributed by atoms with van der Waals surface area (Å²) in [7, 11) is 1.79. The Morgan fingerprint density at radius 2 is 1.89 bits per heavy atom. The fourth-order valence-corrected chi connectivity index (χ4v) is 3.16. The van der Waals surface area contributed by atoms with Gasteiger partial charge in [-0.15, -0.1) is 0 Å². The molecule has 28 heavy (non-hydrogen) atoms. The van der Waals surface area contributed by atoms with Crippen LogP contribution in [0.25, 0.3) is 22.4 Å². The van der Waals surface area contributed by atoms with Gasteiger partial charge in [-0.05, 0) is 25.1 Å². The van der Waals surface area contributed by atoms with Crippen LogP contribution in [0.2, 0.25) is 0 Å². The molecule has 0 aliphatic rings. The number of carbonyl (C=O) groups excluding carboxylic acids is 1. The van der Waals surface area contributed by atoms with Crippen LogP contribution in [0.1, 0.15) is 21.7 Å². The molecule has 3 heterocycles. The molecule has 3 aromatic heterocycles. The zero-order valence-electron chi connectivity index (χ0n) is 15.8. The predicted octanol–water partition coefficient (Wildman–Crippen LogP) is 3.91. The Morgan fingerprint density at radius 3 is 2.64 bits per heavy atom. The average molecular weight is 372 g/mol. The molecule has 0 fully saturated rings. The number of likely N-dealkylation sites (N-methyl/N-ethyl adjacent to an activating group) is 1. The van der Waals surface area contributed by atoms with Crippen LogP contribution in [0.15, 0.2) is 65.3 Å². The summed E-state index contributed by atoms with van der Waals surface area (Å²) in [5.74, 6) is -0.0909. The minimum Gasteiger partial charge on any atom is -0.341 e. The SMILES string of the molecule is Cc1noc2nc(-c3ccccc3)cc(C(=O)N(C)CCc3ccccn3)c12. The van der Waals surface area contributed by atoms with Gasteiger partial charge in [-0.1, -0.05) is 41.6 Å². The predicted molar refractivity (Wildman–Crippen MR) is 107 cm³/mol. The lowest BCUT2D eigenvalue weighted by atomic mass is 10.0. The molecule has 1 amide bonds. The number of aryl methyl sites for hydroxylation is 1. The van der Waals surface area contributed by atoms with Crippen LogP contribution in [-0.2, 0) is 6.42 Å². The van der Waals surface area contributed by atoms with Crippen molar-refractivity contribution in [2.45, 2.75) is 13.3 Å². The molecule has 0 spiro atoms. The Balaban J connectivity index is 1.68. The number of rotatable bonds is 5. The fraction of sp³-hybridized carbons (Fsp3) is 0.182. The van der Waals surface area contributed by atoms with Crippen LogP contribution in [0.3, 0.4) is 0 Å². The van der Waals surface area contributed by atoms with Gasteiger partial charge in [0.15, 0.2) is 0 Å². The Labute approximate surface area is 162 Å². The Morgan fingerprint density at radius 1 is 1.11 bits per heavy atom. The number of aromatic nitrogens is 3. The van der Waals surface area contributed by atoms with E-state index in [1.807, 2.05) is 61.5 Å². The standard InChI is InChI=1S/C22H20N4O2/c1-15-20-18(22(27)26(2)13-11-17-10-6-7-12-23-17)14-19(24-21(20)28-25-15)16-8-4-3-5-9-16/h3-10,12,14H,11,13H2,1-2H3. The number of nitrogens with zero attached hydrogens (tertiary/aromatic N) is 4. The van der Waals surface area contributed by atoms with Gasteiger partial charge in [0.05, 0.1) is 22.3 Å². The van der Waals surface area contributed by atoms with Crippen molar-refractivity contribution >= 4 is 17.0 Å². The number of hydrogen-bond acceptors (Lipinski definition) is 5. The monoisotopic (exact) mass is 372 g/mol.